The van der Waals surface area contributed by atoms with Gasteiger partial charge in [-0.15, -0.1) is 0 Å². The summed E-state index contributed by atoms with van der Waals surface area (Å²) in [7, 11) is 0. The third kappa shape index (κ3) is 3.21. The minimum absolute atomic E-state index is 0.311. The summed E-state index contributed by atoms with van der Waals surface area (Å²) < 4.78 is 13.9. The molecule has 0 bridgehead atoms. The van der Waals surface area contributed by atoms with Crippen LogP contribution in [0.4, 0.5) is 10.2 Å². The molecule has 5 rings (SSSR count). The third-order valence-electron chi connectivity index (χ3n) is 4.75. The van der Waals surface area contributed by atoms with E-state index in [1.54, 1.807) is 24.5 Å². The fourth-order valence-electron chi connectivity index (χ4n) is 3.35. The van der Waals surface area contributed by atoms with Gasteiger partial charge < -0.3 is 10.3 Å². The fraction of sp³-hybridized carbons (Fsp3) is 0.0952. The van der Waals surface area contributed by atoms with Crippen molar-refractivity contribution in [3.8, 4) is 11.3 Å². The predicted octanol–water partition coefficient (Wildman–Crippen LogP) is 4.93. The van der Waals surface area contributed by atoms with Crippen LogP contribution in [-0.4, -0.2) is 29.9 Å². The van der Waals surface area contributed by atoms with Gasteiger partial charge in [-0.3, -0.25) is 0 Å². The summed E-state index contributed by atoms with van der Waals surface area (Å²) in [5.41, 5.74) is 4.25. The van der Waals surface area contributed by atoms with Crippen LogP contribution in [-0.2, 0) is 0 Å². The summed E-state index contributed by atoms with van der Waals surface area (Å²) in [6, 6.07) is 11.4. The lowest BCUT2D eigenvalue weighted by molar-refractivity contribution is 0.628. The molecule has 1 atom stereocenters. The number of fused-ring (bicyclic) bond motifs is 2. The summed E-state index contributed by atoms with van der Waals surface area (Å²) in [5, 5.41) is 3.81. The van der Waals surface area contributed by atoms with E-state index < -0.39 is 0 Å². The van der Waals surface area contributed by atoms with Gasteiger partial charge in [-0.1, -0.05) is 29.8 Å². The Bertz CT molecular complexity index is 1380. The van der Waals surface area contributed by atoms with Crippen molar-refractivity contribution in [1.82, 2.24) is 29.9 Å². The number of H-pyrrole nitrogens is 1. The highest BCUT2D eigenvalue weighted by atomic mass is 35.5. The number of halogens is 2. The Morgan fingerprint density at radius 1 is 1.03 bits per heavy atom. The van der Waals surface area contributed by atoms with Crippen molar-refractivity contribution in [2.24, 2.45) is 0 Å². The highest BCUT2D eigenvalue weighted by molar-refractivity contribution is 6.34. The van der Waals surface area contributed by atoms with Crippen molar-refractivity contribution in [1.29, 1.82) is 0 Å². The van der Waals surface area contributed by atoms with Gasteiger partial charge >= 0.3 is 0 Å². The minimum Gasteiger partial charge on any atom is -0.360 e. The average Bonchev–Trinajstić information content (AvgIpc) is 3.23. The number of aromatic nitrogens is 6. The lowest BCUT2D eigenvalue weighted by atomic mass is 10.0. The summed E-state index contributed by atoms with van der Waals surface area (Å²) in [6.07, 6.45) is 3.01. The van der Waals surface area contributed by atoms with Crippen LogP contribution in [0.15, 0.2) is 55.1 Å². The van der Waals surface area contributed by atoms with Crippen molar-refractivity contribution in [2.75, 3.05) is 5.32 Å². The van der Waals surface area contributed by atoms with Crippen molar-refractivity contribution in [2.45, 2.75) is 13.0 Å². The van der Waals surface area contributed by atoms with E-state index >= 15 is 0 Å². The van der Waals surface area contributed by atoms with Crippen molar-refractivity contribution < 1.29 is 4.39 Å². The van der Waals surface area contributed by atoms with E-state index in [2.05, 4.69) is 25.3 Å². The van der Waals surface area contributed by atoms with Crippen LogP contribution in [0.5, 0.6) is 0 Å². The van der Waals surface area contributed by atoms with Gasteiger partial charge in [-0.05, 0) is 31.2 Å². The number of anilines is 1. The standard InChI is InChI=1S/C21H15ClFN7/c1-11(28-21-19-20(25-9-24-19)26-10-27-21)16-17(12-4-2-5-13(23)8-12)30-18-14(22)6-3-7-15(18)29-16/h2-11H,1H3,(H2,24,25,26,27,28)/t11-/m1/s1. The molecule has 0 saturated carbocycles. The van der Waals surface area contributed by atoms with Gasteiger partial charge in [-0.25, -0.2) is 29.3 Å². The Hall–Kier alpha value is -3.65. The lowest BCUT2D eigenvalue weighted by Gasteiger charge is -2.18. The molecular formula is C21H15ClFN7. The second-order valence-electron chi connectivity index (χ2n) is 6.76. The molecule has 0 aliphatic carbocycles. The zero-order valence-electron chi connectivity index (χ0n) is 15.8. The van der Waals surface area contributed by atoms with Crippen molar-refractivity contribution >= 4 is 39.6 Å². The molecule has 0 saturated heterocycles. The van der Waals surface area contributed by atoms with Crippen LogP contribution < -0.4 is 5.32 Å². The Labute approximate surface area is 175 Å². The summed E-state index contributed by atoms with van der Waals surface area (Å²) in [6.45, 7) is 1.93. The van der Waals surface area contributed by atoms with Crippen LogP contribution in [0.2, 0.25) is 5.02 Å². The van der Waals surface area contributed by atoms with Gasteiger partial charge in [0.05, 0.1) is 34.3 Å². The first-order valence-electron chi connectivity index (χ1n) is 9.23. The number of benzene rings is 2. The quantitative estimate of drug-likeness (QED) is 0.429. The summed E-state index contributed by atoms with van der Waals surface area (Å²) in [4.78, 5) is 25.2. The number of hydrogen-bond acceptors (Lipinski definition) is 6. The van der Waals surface area contributed by atoms with E-state index in [4.69, 9.17) is 21.6 Å². The highest BCUT2D eigenvalue weighted by Gasteiger charge is 2.20. The SMILES string of the molecule is C[C@@H](Nc1ncnc2[nH]cnc12)c1nc2cccc(Cl)c2nc1-c1cccc(F)c1. The zero-order chi connectivity index (χ0) is 20.7. The van der Waals surface area contributed by atoms with Gasteiger partial charge in [0.25, 0.3) is 0 Å². The van der Waals surface area contributed by atoms with Crippen molar-refractivity contribution in [3.63, 3.8) is 0 Å². The monoisotopic (exact) mass is 419 g/mol. The number of hydrogen-bond donors (Lipinski definition) is 2. The maximum Gasteiger partial charge on any atom is 0.162 e. The van der Waals surface area contributed by atoms with Crippen LogP contribution in [0.1, 0.15) is 18.7 Å². The molecular weight excluding hydrogens is 405 g/mol. The number of rotatable bonds is 4. The van der Waals surface area contributed by atoms with Crippen LogP contribution in [0.3, 0.4) is 0 Å². The Morgan fingerprint density at radius 2 is 1.90 bits per heavy atom. The molecule has 0 spiro atoms. The first-order chi connectivity index (χ1) is 14.6. The predicted molar refractivity (Wildman–Crippen MR) is 114 cm³/mol. The summed E-state index contributed by atoms with van der Waals surface area (Å²) in [5.74, 6) is 0.209. The van der Waals surface area contributed by atoms with Crippen LogP contribution in [0, 0.1) is 5.82 Å². The van der Waals surface area contributed by atoms with Crippen LogP contribution in [0.25, 0.3) is 33.5 Å². The third-order valence-corrected chi connectivity index (χ3v) is 5.06. The zero-order valence-corrected chi connectivity index (χ0v) is 16.5. The lowest BCUT2D eigenvalue weighted by Crippen LogP contribution is -2.13. The molecule has 0 fully saturated rings. The molecule has 5 aromatic rings. The number of aromatic amines is 1. The maximum absolute atomic E-state index is 13.9. The van der Waals surface area contributed by atoms with Crippen LogP contribution >= 0.6 is 11.6 Å². The molecule has 148 valence electrons. The number of nitrogens with one attached hydrogen (secondary N) is 2. The normalized spacial score (nSPS) is 12.4. The molecule has 30 heavy (non-hydrogen) atoms. The summed E-state index contributed by atoms with van der Waals surface area (Å²) >= 11 is 6.34. The number of imidazole rings is 1. The average molecular weight is 420 g/mol. The van der Waals surface area contributed by atoms with E-state index in [-0.39, 0.29) is 11.9 Å². The number of para-hydroxylation sites is 1. The second-order valence-corrected chi connectivity index (χ2v) is 7.17. The molecule has 3 heterocycles. The van der Waals surface area contributed by atoms with Gasteiger partial charge in [0.15, 0.2) is 11.5 Å². The maximum atomic E-state index is 13.9. The Morgan fingerprint density at radius 3 is 2.77 bits per heavy atom. The first kappa shape index (κ1) is 18.4. The molecule has 0 aliphatic rings. The highest BCUT2D eigenvalue weighted by Crippen LogP contribution is 2.32. The minimum atomic E-state index is -0.353. The number of nitrogens with zero attached hydrogens (tertiary/aromatic N) is 5. The molecule has 0 unspecified atom stereocenters. The Kier molecular flexibility index (Phi) is 4.48. The fourth-order valence-corrected chi connectivity index (χ4v) is 3.56. The molecule has 0 aliphatic heterocycles. The van der Waals surface area contributed by atoms with Gasteiger partial charge in [-0.2, -0.15) is 0 Å². The largest absolute Gasteiger partial charge is 0.360 e. The first-order valence-corrected chi connectivity index (χ1v) is 9.60. The molecule has 0 amide bonds. The molecule has 2 N–H and O–H groups in total. The molecule has 7 nitrogen and oxygen atoms in total. The van der Waals surface area contributed by atoms with E-state index in [1.165, 1.54) is 18.5 Å². The van der Waals surface area contributed by atoms with E-state index in [9.17, 15) is 4.39 Å². The van der Waals surface area contributed by atoms with E-state index in [0.717, 1.165) is 0 Å². The van der Waals surface area contributed by atoms with Crippen molar-refractivity contribution in [3.05, 3.63) is 71.7 Å². The molecule has 2 aromatic carbocycles. The van der Waals surface area contributed by atoms with Gasteiger partial charge in [0.1, 0.15) is 23.2 Å². The molecule has 3 aromatic heterocycles. The van der Waals surface area contributed by atoms with E-state index in [0.29, 0.717) is 50.0 Å². The van der Waals surface area contributed by atoms with E-state index in [1.807, 2.05) is 19.1 Å². The van der Waals surface area contributed by atoms with Gasteiger partial charge in [0.2, 0.25) is 0 Å². The Balaban J connectivity index is 1.66. The van der Waals surface area contributed by atoms with Gasteiger partial charge in [0, 0.05) is 5.56 Å². The molecule has 9 heteroatoms. The molecule has 0 radical (unpaired) electrons. The topological polar surface area (TPSA) is 92.3 Å². The second kappa shape index (κ2) is 7.31. The smallest absolute Gasteiger partial charge is 0.162 e.